The van der Waals surface area contributed by atoms with Gasteiger partial charge in [0, 0.05) is 5.56 Å². The van der Waals surface area contributed by atoms with Crippen molar-refractivity contribution in [2.75, 3.05) is 0 Å². The van der Waals surface area contributed by atoms with E-state index in [4.69, 9.17) is 0 Å². The second-order valence-corrected chi connectivity index (χ2v) is 6.74. The Morgan fingerprint density at radius 2 is 1.83 bits per heavy atom. The van der Waals surface area contributed by atoms with Gasteiger partial charge in [-0.15, -0.1) is 0 Å². The number of fused-ring (bicyclic) bond motifs is 1. The van der Waals surface area contributed by atoms with Gasteiger partial charge in [-0.05, 0) is 60.3 Å². The van der Waals surface area contributed by atoms with Crippen LogP contribution < -0.4 is 0 Å². The van der Waals surface area contributed by atoms with Gasteiger partial charge in [0.1, 0.15) is 0 Å². The molecule has 1 aromatic rings. The Balaban J connectivity index is 2.71. The molecule has 1 aliphatic carbocycles. The summed E-state index contributed by atoms with van der Waals surface area (Å²) in [4.78, 5) is 11.7. The minimum absolute atomic E-state index is 0.177. The molecule has 2 rings (SSSR count). The van der Waals surface area contributed by atoms with Gasteiger partial charge in [0.25, 0.3) is 0 Å². The Hall–Kier alpha value is -1.11. The van der Waals surface area contributed by atoms with Crippen LogP contribution in [0.15, 0.2) is 12.1 Å². The summed E-state index contributed by atoms with van der Waals surface area (Å²) >= 11 is 0. The highest BCUT2D eigenvalue weighted by Crippen LogP contribution is 2.51. The van der Waals surface area contributed by atoms with E-state index in [0.29, 0.717) is 0 Å². The van der Waals surface area contributed by atoms with Crippen molar-refractivity contribution < 1.29 is 4.79 Å². The summed E-state index contributed by atoms with van der Waals surface area (Å²) in [6, 6.07) is 4.40. The van der Waals surface area contributed by atoms with E-state index in [1.807, 2.05) is 0 Å². The van der Waals surface area contributed by atoms with Crippen molar-refractivity contribution in [2.45, 2.75) is 65.2 Å². The van der Waals surface area contributed by atoms with Gasteiger partial charge in [-0.2, -0.15) is 0 Å². The van der Waals surface area contributed by atoms with Crippen molar-refractivity contribution in [2.24, 2.45) is 0 Å². The third-order valence-corrected chi connectivity index (χ3v) is 4.74. The average Bonchev–Trinajstić information content (AvgIpc) is 2.45. The van der Waals surface area contributed by atoms with Crippen LogP contribution in [0.3, 0.4) is 0 Å². The molecule has 0 N–H and O–H groups in total. The lowest BCUT2D eigenvalue weighted by atomic mass is 9.78. The van der Waals surface area contributed by atoms with Gasteiger partial charge >= 0.3 is 0 Å². The van der Waals surface area contributed by atoms with Crippen molar-refractivity contribution in [1.29, 1.82) is 0 Å². The van der Waals surface area contributed by atoms with Crippen LogP contribution >= 0.6 is 0 Å². The van der Waals surface area contributed by atoms with Crippen LogP contribution in [0.25, 0.3) is 0 Å². The molecule has 1 heteroatoms. The predicted molar refractivity (Wildman–Crippen MR) is 76.5 cm³/mol. The molecule has 0 aromatic heterocycles. The normalized spacial score (nSPS) is 25.0. The molecule has 18 heavy (non-hydrogen) atoms. The maximum atomic E-state index is 11.7. The maximum absolute atomic E-state index is 11.7. The molecule has 1 aliphatic rings. The van der Waals surface area contributed by atoms with E-state index in [2.05, 4.69) is 46.8 Å². The molecule has 1 nitrogen and oxygen atoms in total. The monoisotopic (exact) mass is 244 g/mol. The van der Waals surface area contributed by atoms with Crippen molar-refractivity contribution in [1.82, 2.24) is 0 Å². The number of hydrogen-bond donors (Lipinski definition) is 0. The molecule has 0 amide bonds. The highest BCUT2D eigenvalue weighted by molar-refractivity contribution is 5.96. The van der Waals surface area contributed by atoms with Crippen LogP contribution in [-0.4, -0.2) is 5.78 Å². The van der Waals surface area contributed by atoms with Crippen molar-refractivity contribution >= 4 is 5.78 Å². The Kier molecular flexibility index (Phi) is 2.92. The molecule has 0 saturated carbocycles. The molecule has 1 aromatic carbocycles. The van der Waals surface area contributed by atoms with Gasteiger partial charge in [0.15, 0.2) is 5.78 Å². The maximum Gasteiger partial charge on any atom is 0.160 e. The second-order valence-electron chi connectivity index (χ2n) is 6.74. The van der Waals surface area contributed by atoms with Gasteiger partial charge in [-0.25, -0.2) is 0 Å². The highest BCUT2D eigenvalue weighted by atomic mass is 16.1. The van der Waals surface area contributed by atoms with Crippen molar-refractivity contribution in [3.63, 3.8) is 0 Å². The zero-order valence-electron chi connectivity index (χ0n) is 12.5. The molecule has 0 heterocycles. The van der Waals surface area contributed by atoms with Crippen LogP contribution in [-0.2, 0) is 10.8 Å². The van der Waals surface area contributed by atoms with Crippen LogP contribution in [0.4, 0.5) is 0 Å². The minimum atomic E-state index is 0.177. The first-order chi connectivity index (χ1) is 8.21. The van der Waals surface area contributed by atoms with E-state index < -0.39 is 0 Å². The average molecular weight is 244 g/mol. The third-order valence-electron chi connectivity index (χ3n) is 4.74. The number of rotatable bonds is 2. The van der Waals surface area contributed by atoms with E-state index in [0.717, 1.165) is 17.5 Å². The largest absolute Gasteiger partial charge is 0.295 e. The second kappa shape index (κ2) is 3.94. The SMILES string of the molecule is CC[C@]1(C)CC(C)(C)c2cc(C(C)=O)c(C)cc21. The van der Waals surface area contributed by atoms with E-state index >= 15 is 0 Å². The summed E-state index contributed by atoms with van der Waals surface area (Å²) in [7, 11) is 0. The molecule has 0 bridgehead atoms. The Morgan fingerprint density at radius 1 is 1.22 bits per heavy atom. The summed E-state index contributed by atoms with van der Waals surface area (Å²) in [5.41, 5.74) is 5.29. The summed E-state index contributed by atoms with van der Waals surface area (Å²) in [6.45, 7) is 12.9. The number of ketones is 1. The number of hydrogen-bond acceptors (Lipinski definition) is 1. The van der Waals surface area contributed by atoms with Crippen LogP contribution in [0.5, 0.6) is 0 Å². The van der Waals surface area contributed by atoms with E-state index in [1.54, 1.807) is 6.92 Å². The van der Waals surface area contributed by atoms with Crippen molar-refractivity contribution in [3.05, 3.63) is 34.4 Å². The first-order valence-corrected chi connectivity index (χ1v) is 6.88. The molecule has 0 spiro atoms. The fraction of sp³-hybridized carbons (Fsp3) is 0.588. The molecule has 0 saturated heterocycles. The first-order valence-electron chi connectivity index (χ1n) is 6.88. The number of carbonyl (C=O) groups is 1. The minimum Gasteiger partial charge on any atom is -0.295 e. The summed E-state index contributed by atoms with van der Waals surface area (Å²) < 4.78 is 0. The fourth-order valence-electron chi connectivity index (χ4n) is 3.63. The van der Waals surface area contributed by atoms with E-state index in [9.17, 15) is 4.79 Å². The predicted octanol–water partition coefficient (Wildman–Crippen LogP) is 4.55. The zero-order chi connectivity index (χ0) is 13.7. The fourth-order valence-corrected chi connectivity index (χ4v) is 3.63. The number of Topliss-reactive ketones (excluding diaryl/α,β-unsaturated/α-hetero) is 1. The molecule has 1 atom stereocenters. The van der Waals surface area contributed by atoms with E-state index in [1.165, 1.54) is 17.5 Å². The summed E-state index contributed by atoms with van der Waals surface area (Å²) in [5.74, 6) is 0.177. The van der Waals surface area contributed by atoms with Gasteiger partial charge in [-0.3, -0.25) is 4.79 Å². The highest BCUT2D eigenvalue weighted by Gasteiger charge is 2.43. The third kappa shape index (κ3) is 1.81. The quantitative estimate of drug-likeness (QED) is 0.698. The van der Waals surface area contributed by atoms with Crippen molar-refractivity contribution in [3.8, 4) is 0 Å². The van der Waals surface area contributed by atoms with Gasteiger partial charge < -0.3 is 0 Å². The topological polar surface area (TPSA) is 17.1 Å². The van der Waals surface area contributed by atoms with Gasteiger partial charge in [0.2, 0.25) is 0 Å². The molecule has 0 fully saturated rings. The Bertz CT molecular complexity index is 511. The molecule has 0 radical (unpaired) electrons. The molecule has 0 aliphatic heterocycles. The standard InChI is InChI=1S/C17H24O/c1-7-17(6)10-16(4,5)14-9-13(12(3)18)11(2)8-15(14)17/h8-9H,7,10H2,1-6H3/t17-/m1/s1. The molecular formula is C17H24O. The zero-order valence-corrected chi connectivity index (χ0v) is 12.5. The van der Waals surface area contributed by atoms with Gasteiger partial charge in [-0.1, -0.05) is 33.8 Å². The lowest BCUT2D eigenvalue weighted by molar-refractivity contribution is 0.101. The lowest BCUT2D eigenvalue weighted by Gasteiger charge is -2.26. The van der Waals surface area contributed by atoms with Crippen LogP contribution in [0.1, 0.15) is 74.5 Å². The Morgan fingerprint density at radius 3 is 2.33 bits per heavy atom. The van der Waals surface area contributed by atoms with Gasteiger partial charge in [0.05, 0.1) is 0 Å². The first kappa shape index (κ1) is 13.3. The molecule has 98 valence electrons. The van der Waals surface area contributed by atoms with E-state index in [-0.39, 0.29) is 16.6 Å². The van der Waals surface area contributed by atoms with Crippen LogP contribution in [0, 0.1) is 6.92 Å². The Labute approximate surface area is 111 Å². The van der Waals surface area contributed by atoms with Crippen LogP contribution in [0.2, 0.25) is 0 Å². The number of carbonyl (C=O) groups excluding carboxylic acids is 1. The number of benzene rings is 1. The molecular weight excluding hydrogens is 220 g/mol. The smallest absolute Gasteiger partial charge is 0.160 e. The number of aryl methyl sites for hydroxylation is 1. The lowest BCUT2D eigenvalue weighted by Crippen LogP contribution is -2.20. The summed E-state index contributed by atoms with van der Waals surface area (Å²) in [6.07, 6.45) is 2.33. The molecule has 0 unspecified atom stereocenters. The summed E-state index contributed by atoms with van der Waals surface area (Å²) in [5, 5.41) is 0.